The molecule has 10 aliphatic carbocycles. The predicted molar refractivity (Wildman–Crippen MR) is 244 cm³/mol. The van der Waals surface area contributed by atoms with E-state index in [-0.39, 0.29) is 196 Å². The summed E-state index contributed by atoms with van der Waals surface area (Å²) in [6.07, 6.45) is 3.69. The molecule has 30 atom stereocenters. The third-order valence-corrected chi connectivity index (χ3v) is 25.0. The van der Waals surface area contributed by atoms with Gasteiger partial charge >= 0.3 is 59.7 Å². The molecule has 5 N–H and O–H groups in total. The van der Waals surface area contributed by atoms with Gasteiger partial charge in [-0.2, -0.15) is 0 Å². The summed E-state index contributed by atoms with van der Waals surface area (Å²) >= 11 is 17.2. The van der Waals surface area contributed by atoms with Crippen molar-refractivity contribution in [2.75, 3.05) is 0 Å². The van der Waals surface area contributed by atoms with Crippen LogP contribution in [0.25, 0.3) is 0 Å². The number of halogens is 5. The maximum Gasteiger partial charge on any atom is 0.310 e. The van der Waals surface area contributed by atoms with Crippen molar-refractivity contribution in [2.24, 2.45) is 118 Å². The molecule has 15 fully saturated rings. The Kier molecular flexibility index (Phi) is 13.7. The largest absolute Gasteiger partial charge is 0.481 e. The van der Waals surface area contributed by atoms with E-state index in [0.717, 1.165) is 32.1 Å². The molecule has 20 nitrogen and oxygen atoms in total. The number of esters is 5. The zero-order valence-electron chi connectivity index (χ0n) is 36.6. The summed E-state index contributed by atoms with van der Waals surface area (Å²) in [7, 11) is 0. The van der Waals surface area contributed by atoms with Crippen molar-refractivity contribution in [1.82, 2.24) is 0 Å². The van der Waals surface area contributed by atoms with Crippen LogP contribution in [0.2, 0.25) is 0 Å². The molecule has 10 saturated carbocycles. The van der Waals surface area contributed by atoms with E-state index in [1.54, 1.807) is 0 Å². The minimum absolute atomic E-state index is 0. The molecule has 10 bridgehead atoms. The summed E-state index contributed by atoms with van der Waals surface area (Å²) in [4.78, 5) is 113. The smallest absolute Gasteiger partial charge is 0.310 e. The summed E-state index contributed by atoms with van der Waals surface area (Å²) < 4.78 is 25.9. The van der Waals surface area contributed by atoms with E-state index in [1.165, 1.54) is 0 Å². The van der Waals surface area contributed by atoms with Gasteiger partial charge in [-0.3, -0.25) is 47.9 Å². The first kappa shape index (κ1) is 52.3. The van der Waals surface area contributed by atoms with Crippen LogP contribution in [0.15, 0.2) is 0 Å². The number of carboxylic acids is 5. The third kappa shape index (κ3) is 7.51. The van der Waals surface area contributed by atoms with Crippen molar-refractivity contribution < 1.29 is 120 Å². The first-order valence-electron chi connectivity index (χ1n) is 23.4. The molecule has 1 radical (unpaired) electrons. The van der Waals surface area contributed by atoms with Crippen LogP contribution in [0.4, 0.5) is 0 Å². The Balaban J connectivity index is 0.000000102. The molecule has 0 amide bonds. The van der Waals surface area contributed by atoms with Crippen molar-refractivity contribution in [3.05, 3.63) is 0 Å². The van der Waals surface area contributed by atoms with Gasteiger partial charge in [0.2, 0.25) is 0 Å². The van der Waals surface area contributed by atoms with Crippen molar-refractivity contribution in [1.29, 1.82) is 0 Å². The van der Waals surface area contributed by atoms with Gasteiger partial charge in [0.05, 0.1) is 83.3 Å². The van der Waals surface area contributed by atoms with E-state index in [2.05, 4.69) is 79.6 Å². The fourth-order valence-electron chi connectivity index (χ4n) is 16.5. The van der Waals surface area contributed by atoms with E-state index < -0.39 is 59.4 Å². The quantitative estimate of drug-likeness (QED) is 0.150. The van der Waals surface area contributed by atoms with Gasteiger partial charge in [0, 0.05) is 52.0 Å². The number of rotatable bonds is 5. The summed E-state index contributed by atoms with van der Waals surface area (Å²) in [5, 5.41) is 45.3. The summed E-state index contributed by atoms with van der Waals surface area (Å²) in [5.74, 6) is -9.35. The molecule has 0 aromatic heterocycles. The second-order valence-electron chi connectivity index (χ2n) is 21.5. The summed E-state index contributed by atoms with van der Waals surface area (Å²) in [5.41, 5.74) is 0. The molecule has 71 heavy (non-hydrogen) atoms. The van der Waals surface area contributed by atoms with Gasteiger partial charge in [0.1, 0.15) is 30.5 Å². The molecular formula is C45H45Br5O20Ta. The molecule has 385 valence electrons. The molecule has 26 heteroatoms. The average Bonchev–Trinajstić information content (AvgIpc) is 4.12. The number of alkyl halides is 5. The van der Waals surface area contributed by atoms with Gasteiger partial charge < -0.3 is 49.2 Å². The standard InChI is InChI=1S/5C9H9BrO4.Ta/c5*10-6-2-1-3-5(4(2)8(11)12)9(13)14-7(3)6;/h5*2-7H,1H2,(H,11,12);. The number of carbonyl (C=O) groups is 10. The average molecular weight is 1490 g/mol. The zero-order chi connectivity index (χ0) is 50.2. The van der Waals surface area contributed by atoms with E-state index in [9.17, 15) is 47.9 Å². The fourth-order valence-corrected chi connectivity index (χ4v) is 21.8. The summed E-state index contributed by atoms with van der Waals surface area (Å²) in [6.45, 7) is 0. The minimum Gasteiger partial charge on any atom is -0.481 e. The van der Waals surface area contributed by atoms with Crippen molar-refractivity contribution in [3.8, 4) is 0 Å². The number of hydrogen-bond donors (Lipinski definition) is 5. The first-order chi connectivity index (χ1) is 33.0. The Morgan fingerprint density at radius 3 is 0.577 bits per heavy atom. The SMILES string of the molecule is O=C(O)C1C2CC3C(OC(=O)C31)C2Br.O=C(O)C1C2CC3C(OC(=O)C31)C2Br.O=C(O)C1C2CC3C(OC(=O)C31)C2Br.O=C(O)C1C2CC3C(OC(=O)C31)C2Br.O=C(O)C1C2CC3C(OC(=O)C31)C2Br.[Ta]. The predicted octanol–water partition coefficient (Wildman–Crippen LogP) is 3.21. The Hall–Kier alpha value is -2.16. The van der Waals surface area contributed by atoms with E-state index >= 15 is 0 Å². The number of ether oxygens (including phenoxy) is 5. The molecule has 5 heterocycles. The Morgan fingerprint density at radius 2 is 0.451 bits per heavy atom. The van der Waals surface area contributed by atoms with Gasteiger partial charge in [-0.25, -0.2) is 0 Å². The molecule has 0 spiro atoms. The molecule has 5 aliphatic heterocycles. The molecule has 15 rings (SSSR count). The monoisotopic (exact) mass is 1480 g/mol. The Bertz CT molecular complexity index is 2020. The minimum atomic E-state index is -0.857. The van der Waals surface area contributed by atoms with Crippen LogP contribution in [0.5, 0.6) is 0 Å². The van der Waals surface area contributed by atoms with Gasteiger partial charge in [-0.05, 0) is 61.7 Å². The second-order valence-corrected chi connectivity index (χ2v) is 26.8. The van der Waals surface area contributed by atoms with E-state index in [0.29, 0.717) is 0 Å². The van der Waals surface area contributed by atoms with Crippen molar-refractivity contribution in [3.63, 3.8) is 0 Å². The zero-order valence-corrected chi connectivity index (χ0v) is 47.7. The number of aliphatic carboxylic acids is 5. The van der Waals surface area contributed by atoms with Gasteiger partial charge in [0.25, 0.3) is 0 Å². The topological polar surface area (TPSA) is 318 Å². The van der Waals surface area contributed by atoms with Crippen LogP contribution in [0.1, 0.15) is 32.1 Å². The fraction of sp³-hybridized carbons (Fsp3) is 0.778. The van der Waals surface area contributed by atoms with Crippen LogP contribution in [-0.4, -0.2) is 140 Å². The number of fused-ring (bicyclic) bond motifs is 5. The van der Waals surface area contributed by atoms with Crippen molar-refractivity contribution >= 4 is 139 Å². The maximum atomic E-state index is 11.4. The number of carbonyl (C=O) groups excluding carboxylic acids is 5. The van der Waals surface area contributed by atoms with E-state index in [4.69, 9.17) is 49.2 Å². The third-order valence-electron chi connectivity index (χ3n) is 19.0. The van der Waals surface area contributed by atoms with Gasteiger partial charge in [0.15, 0.2) is 0 Å². The molecule has 0 aromatic carbocycles. The van der Waals surface area contributed by atoms with Crippen LogP contribution in [0, 0.1) is 118 Å². The molecule has 5 saturated heterocycles. The van der Waals surface area contributed by atoms with Crippen LogP contribution >= 0.6 is 79.6 Å². The number of hydrogen-bond acceptors (Lipinski definition) is 15. The van der Waals surface area contributed by atoms with Gasteiger partial charge in [-0.1, -0.05) is 79.6 Å². The molecule has 0 aromatic rings. The van der Waals surface area contributed by atoms with Gasteiger partial charge in [-0.15, -0.1) is 0 Å². The second kappa shape index (κ2) is 18.5. The van der Waals surface area contributed by atoms with Crippen molar-refractivity contribution in [2.45, 2.75) is 86.8 Å². The molecule has 15 aliphatic rings. The first-order valence-corrected chi connectivity index (χ1v) is 28.0. The molecular weight excluding hydrogens is 1440 g/mol. The van der Waals surface area contributed by atoms with Crippen LogP contribution < -0.4 is 0 Å². The molecule has 30 unspecified atom stereocenters. The number of carboxylic acid groups (broad SMARTS) is 5. The van der Waals surface area contributed by atoms with E-state index in [1.807, 2.05) is 0 Å². The summed E-state index contributed by atoms with van der Waals surface area (Å²) in [6, 6.07) is 0. The maximum absolute atomic E-state index is 11.4. The van der Waals surface area contributed by atoms with Crippen LogP contribution in [0.3, 0.4) is 0 Å². The normalized spacial score (nSPS) is 52.9. The Labute approximate surface area is 460 Å². The van der Waals surface area contributed by atoms with Crippen LogP contribution in [-0.2, 0) is 94.0 Å². The Morgan fingerprint density at radius 1 is 0.310 bits per heavy atom.